The number of rotatable bonds is 3. The van der Waals surface area contributed by atoms with Crippen molar-refractivity contribution in [2.75, 3.05) is 0 Å². The zero-order valence-corrected chi connectivity index (χ0v) is 11.2. The normalized spacial score (nSPS) is 13.2. The molecule has 2 aromatic rings. The molecule has 112 valence electrons. The SMILES string of the molecule is Cc1ccc(CC(O)c2cccc(C(F)(F)F)c2F)nc1. The van der Waals surface area contributed by atoms with Crippen LogP contribution in [0.5, 0.6) is 0 Å². The lowest BCUT2D eigenvalue weighted by Crippen LogP contribution is -2.13. The van der Waals surface area contributed by atoms with Gasteiger partial charge in [0.2, 0.25) is 0 Å². The molecule has 6 heteroatoms. The van der Waals surface area contributed by atoms with Gasteiger partial charge >= 0.3 is 6.18 Å². The minimum absolute atomic E-state index is 0.0570. The highest BCUT2D eigenvalue weighted by atomic mass is 19.4. The van der Waals surface area contributed by atoms with Crippen molar-refractivity contribution in [2.24, 2.45) is 0 Å². The first-order valence-electron chi connectivity index (χ1n) is 6.24. The number of halogens is 4. The number of pyridine rings is 1. The first kappa shape index (κ1) is 15.4. The first-order valence-corrected chi connectivity index (χ1v) is 6.24. The molecule has 21 heavy (non-hydrogen) atoms. The minimum Gasteiger partial charge on any atom is -0.388 e. The molecule has 0 saturated carbocycles. The van der Waals surface area contributed by atoms with Crippen molar-refractivity contribution in [1.82, 2.24) is 4.98 Å². The van der Waals surface area contributed by atoms with E-state index >= 15 is 0 Å². The van der Waals surface area contributed by atoms with Crippen LogP contribution in [0.25, 0.3) is 0 Å². The van der Waals surface area contributed by atoms with Gasteiger partial charge in [-0.05, 0) is 24.6 Å². The van der Waals surface area contributed by atoms with Gasteiger partial charge in [-0.15, -0.1) is 0 Å². The smallest absolute Gasteiger partial charge is 0.388 e. The van der Waals surface area contributed by atoms with Crippen LogP contribution in [0, 0.1) is 12.7 Å². The van der Waals surface area contributed by atoms with Crippen LogP contribution in [-0.2, 0) is 12.6 Å². The summed E-state index contributed by atoms with van der Waals surface area (Å²) >= 11 is 0. The molecule has 0 bridgehead atoms. The van der Waals surface area contributed by atoms with Crippen LogP contribution in [0.2, 0.25) is 0 Å². The Morgan fingerprint density at radius 3 is 2.48 bits per heavy atom. The van der Waals surface area contributed by atoms with E-state index < -0.39 is 23.7 Å². The molecule has 1 atom stereocenters. The summed E-state index contributed by atoms with van der Waals surface area (Å²) in [7, 11) is 0. The third kappa shape index (κ3) is 3.58. The predicted molar refractivity (Wildman–Crippen MR) is 69.0 cm³/mol. The van der Waals surface area contributed by atoms with Gasteiger partial charge in [0.05, 0.1) is 11.7 Å². The van der Waals surface area contributed by atoms with Gasteiger partial charge in [0, 0.05) is 23.9 Å². The molecule has 1 unspecified atom stereocenters. The summed E-state index contributed by atoms with van der Waals surface area (Å²) in [5, 5.41) is 9.97. The molecular weight excluding hydrogens is 286 g/mol. The molecule has 0 aliphatic rings. The molecule has 0 spiro atoms. The molecule has 1 aromatic heterocycles. The van der Waals surface area contributed by atoms with E-state index in [2.05, 4.69) is 4.98 Å². The van der Waals surface area contributed by atoms with Crippen molar-refractivity contribution >= 4 is 0 Å². The summed E-state index contributed by atoms with van der Waals surface area (Å²) in [5.41, 5.74) is -0.369. The number of benzene rings is 1. The number of aromatic nitrogens is 1. The maximum Gasteiger partial charge on any atom is 0.419 e. The zero-order valence-electron chi connectivity index (χ0n) is 11.2. The molecule has 1 heterocycles. The summed E-state index contributed by atoms with van der Waals surface area (Å²) in [6, 6.07) is 6.27. The van der Waals surface area contributed by atoms with E-state index in [1.165, 1.54) is 0 Å². The minimum atomic E-state index is -4.79. The van der Waals surface area contributed by atoms with Gasteiger partial charge in [0.1, 0.15) is 5.82 Å². The van der Waals surface area contributed by atoms with Crippen LogP contribution in [-0.4, -0.2) is 10.1 Å². The number of aliphatic hydroxyl groups excluding tert-OH is 1. The summed E-state index contributed by atoms with van der Waals surface area (Å²) in [6.07, 6.45) is -4.66. The highest BCUT2D eigenvalue weighted by Crippen LogP contribution is 2.34. The fourth-order valence-electron chi connectivity index (χ4n) is 1.95. The second kappa shape index (κ2) is 5.81. The molecular formula is C15H13F4NO. The molecule has 2 rings (SSSR count). The lowest BCUT2D eigenvalue weighted by molar-refractivity contribution is -0.140. The average Bonchev–Trinajstić information content (AvgIpc) is 2.40. The van der Waals surface area contributed by atoms with Crippen LogP contribution in [0.1, 0.15) is 28.5 Å². The number of hydrogen-bond donors (Lipinski definition) is 1. The Kier molecular flexibility index (Phi) is 4.27. The Hall–Kier alpha value is -1.95. The van der Waals surface area contributed by atoms with E-state index in [1.807, 2.05) is 6.92 Å². The predicted octanol–water partition coefficient (Wildman–Crippen LogP) is 3.82. The van der Waals surface area contributed by atoms with Gasteiger partial charge < -0.3 is 5.11 Å². The quantitative estimate of drug-likeness (QED) is 0.874. The number of aryl methyl sites for hydroxylation is 1. The average molecular weight is 299 g/mol. The van der Waals surface area contributed by atoms with Gasteiger partial charge in [-0.3, -0.25) is 4.98 Å². The van der Waals surface area contributed by atoms with E-state index in [9.17, 15) is 22.7 Å². The summed E-state index contributed by atoms with van der Waals surface area (Å²) in [5.74, 6) is -1.44. The molecule has 0 saturated heterocycles. The number of aliphatic hydroxyl groups is 1. The third-order valence-corrected chi connectivity index (χ3v) is 3.07. The molecule has 0 aliphatic carbocycles. The van der Waals surface area contributed by atoms with Gasteiger partial charge in [-0.25, -0.2) is 4.39 Å². The molecule has 0 fully saturated rings. The van der Waals surface area contributed by atoms with Crippen molar-refractivity contribution < 1.29 is 22.7 Å². The highest BCUT2D eigenvalue weighted by Gasteiger charge is 2.35. The number of nitrogens with zero attached hydrogens (tertiary/aromatic N) is 1. The van der Waals surface area contributed by atoms with Gasteiger partial charge in [0.15, 0.2) is 0 Å². The van der Waals surface area contributed by atoms with Crippen LogP contribution in [0.15, 0.2) is 36.5 Å². The summed E-state index contributed by atoms with van der Waals surface area (Å²) in [4.78, 5) is 4.04. The molecule has 0 aliphatic heterocycles. The van der Waals surface area contributed by atoms with E-state index in [-0.39, 0.29) is 12.0 Å². The fourth-order valence-corrected chi connectivity index (χ4v) is 1.95. The first-order chi connectivity index (χ1) is 9.79. The summed E-state index contributed by atoms with van der Waals surface area (Å²) in [6.45, 7) is 1.83. The van der Waals surface area contributed by atoms with Crippen LogP contribution < -0.4 is 0 Å². The second-order valence-electron chi connectivity index (χ2n) is 4.75. The van der Waals surface area contributed by atoms with Gasteiger partial charge in [-0.2, -0.15) is 13.2 Å². The van der Waals surface area contributed by atoms with E-state index in [1.54, 1.807) is 18.3 Å². The monoisotopic (exact) mass is 299 g/mol. The van der Waals surface area contributed by atoms with Crippen molar-refractivity contribution in [2.45, 2.75) is 25.6 Å². The lowest BCUT2D eigenvalue weighted by atomic mass is 10.0. The highest BCUT2D eigenvalue weighted by molar-refractivity contribution is 5.30. The summed E-state index contributed by atoms with van der Waals surface area (Å²) < 4.78 is 51.8. The third-order valence-electron chi connectivity index (χ3n) is 3.07. The Morgan fingerprint density at radius 2 is 1.90 bits per heavy atom. The van der Waals surface area contributed by atoms with Gasteiger partial charge in [0.25, 0.3) is 0 Å². The Balaban J connectivity index is 2.27. The standard InChI is InChI=1S/C15H13F4NO/c1-9-5-6-10(20-8-9)7-13(21)11-3-2-4-12(14(11)16)15(17,18)19/h2-6,8,13,21H,7H2,1H3. The largest absolute Gasteiger partial charge is 0.419 e. The molecule has 0 amide bonds. The molecule has 0 radical (unpaired) electrons. The van der Waals surface area contributed by atoms with Crippen molar-refractivity contribution in [3.05, 3.63) is 64.7 Å². The van der Waals surface area contributed by atoms with E-state index in [0.29, 0.717) is 11.8 Å². The van der Waals surface area contributed by atoms with Gasteiger partial charge in [-0.1, -0.05) is 18.2 Å². The zero-order chi connectivity index (χ0) is 15.6. The van der Waals surface area contributed by atoms with Crippen LogP contribution in [0.3, 0.4) is 0 Å². The fraction of sp³-hybridized carbons (Fsp3) is 0.267. The maximum absolute atomic E-state index is 13.9. The van der Waals surface area contributed by atoms with Crippen LogP contribution >= 0.6 is 0 Å². The number of alkyl halides is 3. The van der Waals surface area contributed by atoms with Crippen LogP contribution in [0.4, 0.5) is 17.6 Å². The second-order valence-corrected chi connectivity index (χ2v) is 4.75. The Labute approximate surface area is 119 Å². The number of hydrogen-bond acceptors (Lipinski definition) is 2. The van der Waals surface area contributed by atoms with Crippen molar-refractivity contribution in [3.63, 3.8) is 0 Å². The van der Waals surface area contributed by atoms with Crippen molar-refractivity contribution in [1.29, 1.82) is 0 Å². The topological polar surface area (TPSA) is 33.1 Å². The lowest BCUT2D eigenvalue weighted by Gasteiger charge is -2.15. The molecule has 1 aromatic carbocycles. The van der Waals surface area contributed by atoms with E-state index in [4.69, 9.17) is 0 Å². The molecule has 1 N–H and O–H groups in total. The Morgan fingerprint density at radius 1 is 1.19 bits per heavy atom. The Bertz CT molecular complexity index is 623. The maximum atomic E-state index is 13.9. The molecule has 2 nitrogen and oxygen atoms in total. The van der Waals surface area contributed by atoms with Crippen molar-refractivity contribution in [3.8, 4) is 0 Å². The van der Waals surface area contributed by atoms with E-state index in [0.717, 1.165) is 17.7 Å².